The topological polar surface area (TPSA) is 106 Å². The molecule has 7 heteroatoms. The largest absolute Gasteiger partial charge is 0.493 e. The van der Waals surface area contributed by atoms with Gasteiger partial charge in [-0.15, -0.1) is 0 Å². The van der Waals surface area contributed by atoms with Crippen molar-refractivity contribution in [3.63, 3.8) is 0 Å². The summed E-state index contributed by atoms with van der Waals surface area (Å²) in [5, 5.41) is 5.76. The van der Waals surface area contributed by atoms with Gasteiger partial charge in [0.15, 0.2) is 5.96 Å². The van der Waals surface area contributed by atoms with Crippen LogP contribution in [0, 0.1) is 0 Å². The van der Waals surface area contributed by atoms with E-state index in [0.29, 0.717) is 12.0 Å². The zero-order valence-corrected chi connectivity index (χ0v) is 23.2. The van der Waals surface area contributed by atoms with Gasteiger partial charge in [0.1, 0.15) is 5.75 Å². The maximum atomic E-state index is 13.0. The van der Waals surface area contributed by atoms with E-state index in [9.17, 15) is 9.59 Å². The molecule has 2 heterocycles. The molecule has 0 aromatic heterocycles. The summed E-state index contributed by atoms with van der Waals surface area (Å²) < 4.78 is 5.67. The lowest BCUT2D eigenvalue weighted by molar-refractivity contribution is -0.120. The van der Waals surface area contributed by atoms with E-state index in [4.69, 9.17) is 10.5 Å². The Hall–Kier alpha value is -3.61. The maximum absolute atomic E-state index is 13.0. The molecule has 38 heavy (non-hydrogen) atoms. The van der Waals surface area contributed by atoms with Crippen LogP contribution in [0.5, 0.6) is 5.75 Å². The van der Waals surface area contributed by atoms with Crippen LogP contribution in [0.25, 0.3) is 6.08 Å². The first-order chi connectivity index (χ1) is 18.5. The van der Waals surface area contributed by atoms with Crippen LogP contribution in [-0.2, 0) is 17.6 Å². The molecule has 0 bridgehead atoms. The van der Waals surface area contributed by atoms with Gasteiger partial charge in [-0.25, -0.2) is 4.99 Å². The third-order valence-electron chi connectivity index (χ3n) is 6.71. The minimum absolute atomic E-state index is 0.0150. The summed E-state index contributed by atoms with van der Waals surface area (Å²) in [6.07, 6.45) is 9.99. The highest BCUT2D eigenvalue weighted by molar-refractivity contribution is 5.98. The van der Waals surface area contributed by atoms with Gasteiger partial charge in [-0.1, -0.05) is 52.0 Å². The molecule has 2 amide bonds. The predicted octanol–water partition coefficient (Wildman–Crippen LogP) is 5.48. The van der Waals surface area contributed by atoms with E-state index in [1.807, 2.05) is 45.9 Å². The van der Waals surface area contributed by atoms with Crippen molar-refractivity contribution in [1.29, 1.82) is 0 Å². The highest BCUT2D eigenvalue weighted by Crippen LogP contribution is 2.33. The number of nitrogens with one attached hydrogen (secondary N) is 2. The molecule has 7 nitrogen and oxygen atoms in total. The van der Waals surface area contributed by atoms with Crippen molar-refractivity contribution in [2.75, 3.05) is 6.61 Å². The van der Waals surface area contributed by atoms with Crippen molar-refractivity contribution in [3.05, 3.63) is 70.3 Å². The first kappa shape index (κ1) is 29.0. The first-order valence-corrected chi connectivity index (χ1v) is 14.0. The number of hydrogen-bond acceptors (Lipinski definition) is 5. The lowest BCUT2D eigenvalue weighted by Crippen LogP contribution is -2.43. The lowest BCUT2D eigenvalue weighted by Gasteiger charge is -2.19. The van der Waals surface area contributed by atoms with Gasteiger partial charge in [-0.2, -0.15) is 0 Å². The highest BCUT2D eigenvalue weighted by atomic mass is 16.5. The number of fused-ring (bicyclic) bond motifs is 2. The summed E-state index contributed by atoms with van der Waals surface area (Å²) in [6, 6.07) is 12.1. The molecule has 0 fully saturated rings. The molecule has 2 aliphatic heterocycles. The number of aliphatic imine (C=N–C) groups is 1. The number of nitrogens with two attached hydrogens (primary N) is 1. The highest BCUT2D eigenvalue weighted by Gasteiger charge is 2.25. The summed E-state index contributed by atoms with van der Waals surface area (Å²) >= 11 is 0. The molecular weight excluding hydrogens is 476 g/mol. The van der Waals surface area contributed by atoms with Crippen molar-refractivity contribution < 1.29 is 14.3 Å². The number of ether oxygens (including phenoxy) is 1. The number of aryl methyl sites for hydroxylation is 2. The van der Waals surface area contributed by atoms with Crippen LogP contribution in [0.4, 0.5) is 0 Å². The molecule has 2 unspecified atom stereocenters. The first-order valence-electron chi connectivity index (χ1n) is 14.0. The molecule has 0 radical (unpaired) electrons. The smallest absolute Gasteiger partial charge is 0.251 e. The van der Waals surface area contributed by atoms with Gasteiger partial charge in [0, 0.05) is 12.0 Å². The normalized spacial score (nSPS) is 19.4. The number of rotatable bonds is 6. The number of benzene rings is 2. The number of carbonyl (C=O) groups excluding carboxylic acids is 2. The van der Waals surface area contributed by atoms with Gasteiger partial charge in [-0.05, 0) is 85.0 Å². The van der Waals surface area contributed by atoms with E-state index in [1.165, 1.54) is 11.1 Å². The van der Waals surface area contributed by atoms with E-state index in [-0.39, 0.29) is 29.9 Å². The van der Waals surface area contributed by atoms with Gasteiger partial charge in [0.2, 0.25) is 5.91 Å². The van der Waals surface area contributed by atoms with Crippen LogP contribution in [0.3, 0.4) is 0 Å². The van der Waals surface area contributed by atoms with E-state index in [0.717, 1.165) is 62.0 Å². The van der Waals surface area contributed by atoms with E-state index in [1.54, 1.807) is 0 Å². The Balaban J connectivity index is 0.000000956. The van der Waals surface area contributed by atoms with Crippen LogP contribution in [-0.4, -0.2) is 30.4 Å². The summed E-state index contributed by atoms with van der Waals surface area (Å²) in [6.45, 7) is 8.74. The molecule has 0 spiro atoms. The van der Waals surface area contributed by atoms with Crippen LogP contribution >= 0.6 is 0 Å². The van der Waals surface area contributed by atoms with Crippen molar-refractivity contribution >= 4 is 23.8 Å². The van der Waals surface area contributed by atoms with E-state index < -0.39 is 0 Å². The molecule has 2 aromatic carbocycles. The van der Waals surface area contributed by atoms with Gasteiger partial charge >= 0.3 is 0 Å². The summed E-state index contributed by atoms with van der Waals surface area (Å²) in [5.74, 6) is 0.994. The summed E-state index contributed by atoms with van der Waals surface area (Å²) in [5.41, 5.74) is 11.0. The minimum atomic E-state index is -0.0723. The number of guanidine groups is 1. The van der Waals surface area contributed by atoms with Crippen molar-refractivity contribution in [3.8, 4) is 5.75 Å². The van der Waals surface area contributed by atoms with Crippen molar-refractivity contribution in [2.45, 2.75) is 84.7 Å². The number of amides is 2. The molecule has 2 atom stereocenters. The fraction of sp³-hybridized carbons (Fsp3) is 0.452. The number of allylic oxidation sites excluding steroid dienone is 1. The van der Waals surface area contributed by atoms with Crippen molar-refractivity contribution in [2.24, 2.45) is 10.7 Å². The molecule has 5 rings (SSSR count). The molecule has 204 valence electrons. The second-order valence-electron chi connectivity index (χ2n) is 9.20. The molecular formula is C31H42N4O3. The second-order valence-corrected chi connectivity index (χ2v) is 9.20. The van der Waals surface area contributed by atoms with Gasteiger partial charge in [0.05, 0.1) is 18.7 Å². The minimum Gasteiger partial charge on any atom is -0.493 e. The van der Waals surface area contributed by atoms with Crippen LogP contribution in [0.15, 0.2) is 47.5 Å². The SMILES string of the molecule is CC.CC.NC1=NC(CC/C=C\c2ccc3c(c2)C(NC(=O)c2ccc4c(c2)CCCO4)CC3)CC(=O)N1. The van der Waals surface area contributed by atoms with Crippen LogP contribution in [0.2, 0.25) is 0 Å². The van der Waals surface area contributed by atoms with Gasteiger partial charge < -0.3 is 15.8 Å². The second kappa shape index (κ2) is 14.4. The van der Waals surface area contributed by atoms with Crippen molar-refractivity contribution in [1.82, 2.24) is 10.6 Å². The zero-order chi connectivity index (χ0) is 27.5. The Bertz CT molecular complexity index is 1170. The lowest BCUT2D eigenvalue weighted by atomic mass is 10.0. The molecule has 2 aromatic rings. The summed E-state index contributed by atoms with van der Waals surface area (Å²) in [4.78, 5) is 28.8. The van der Waals surface area contributed by atoms with Gasteiger partial charge in [-0.3, -0.25) is 14.9 Å². The van der Waals surface area contributed by atoms with E-state index in [2.05, 4.69) is 46.0 Å². The average Bonchev–Trinajstić information content (AvgIpc) is 3.34. The average molecular weight is 519 g/mol. The Morgan fingerprint density at radius 2 is 1.95 bits per heavy atom. The standard InChI is InChI=1S/C27H30N4O3.2C2H6/c28-27-29-21(16-25(32)31-27)6-2-1-4-17-7-8-18-9-11-23(22(18)14-17)30-26(33)20-10-12-24-19(15-20)5-3-13-34-24;2*1-2/h1,4,7-8,10,12,14-15,21,23H,2-3,5-6,9,11,13,16H2,(H,30,33)(H3,28,29,31,32);2*1-2H3/b4-1-;;. The third-order valence-corrected chi connectivity index (χ3v) is 6.71. The number of carbonyl (C=O) groups is 2. The Kier molecular flexibility index (Phi) is 10.9. The van der Waals surface area contributed by atoms with E-state index >= 15 is 0 Å². The van der Waals surface area contributed by atoms with Crippen LogP contribution < -0.4 is 21.1 Å². The number of nitrogens with zero attached hydrogens (tertiary/aromatic N) is 1. The third kappa shape index (κ3) is 7.46. The van der Waals surface area contributed by atoms with Gasteiger partial charge in [0.25, 0.3) is 5.91 Å². The maximum Gasteiger partial charge on any atom is 0.251 e. The monoisotopic (exact) mass is 518 g/mol. The van der Waals surface area contributed by atoms with Crippen LogP contribution in [0.1, 0.15) is 98.5 Å². The molecule has 3 aliphatic rings. The molecule has 0 saturated heterocycles. The Morgan fingerprint density at radius 3 is 2.74 bits per heavy atom. The Morgan fingerprint density at radius 1 is 1.13 bits per heavy atom. The number of hydrogen-bond donors (Lipinski definition) is 3. The predicted molar refractivity (Wildman–Crippen MR) is 154 cm³/mol. The molecule has 0 saturated carbocycles. The fourth-order valence-corrected chi connectivity index (χ4v) is 4.97. The quantitative estimate of drug-likeness (QED) is 0.471. The fourth-order valence-electron chi connectivity index (χ4n) is 4.97. The zero-order valence-electron chi connectivity index (χ0n) is 23.2. The summed E-state index contributed by atoms with van der Waals surface area (Å²) in [7, 11) is 0. The molecule has 1 aliphatic carbocycles. The Labute approximate surface area is 226 Å². The molecule has 4 N–H and O–H groups in total.